The van der Waals surface area contributed by atoms with E-state index in [0.717, 1.165) is 12.0 Å². The normalized spacial score (nSPS) is 17.7. The van der Waals surface area contributed by atoms with Crippen molar-refractivity contribution in [1.29, 1.82) is 0 Å². The highest BCUT2D eigenvalue weighted by Gasteiger charge is 2.50. The predicted molar refractivity (Wildman–Crippen MR) is 124 cm³/mol. The SMILES string of the molecule is CCOC(=O)c1cc2n(n1)C[C@@](C)(C(=O)NCCC(C)C)N(c1cc(C)ccc1OC)C2=O. The van der Waals surface area contributed by atoms with E-state index in [1.54, 1.807) is 19.9 Å². The maximum Gasteiger partial charge on any atom is 0.358 e. The number of anilines is 1. The van der Waals surface area contributed by atoms with Gasteiger partial charge in [-0.15, -0.1) is 0 Å². The Morgan fingerprint density at radius 3 is 2.64 bits per heavy atom. The van der Waals surface area contributed by atoms with E-state index in [1.807, 2.05) is 19.1 Å². The first-order chi connectivity index (χ1) is 15.6. The Labute approximate surface area is 194 Å². The van der Waals surface area contributed by atoms with Gasteiger partial charge in [0, 0.05) is 12.6 Å². The van der Waals surface area contributed by atoms with Gasteiger partial charge < -0.3 is 14.8 Å². The van der Waals surface area contributed by atoms with Crippen molar-refractivity contribution in [2.24, 2.45) is 5.92 Å². The average Bonchev–Trinajstić information content (AvgIpc) is 3.18. The molecule has 0 unspecified atom stereocenters. The van der Waals surface area contributed by atoms with E-state index in [0.29, 0.717) is 23.9 Å². The number of carbonyl (C=O) groups excluding carboxylic acids is 3. The summed E-state index contributed by atoms with van der Waals surface area (Å²) < 4.78 is 12.0. The van der Waals surface area contributed by atoms with Gasteiger partial charge in [-0.1, -0.05) is 19.9 Å². The van der Waals surface area contributed by atoms with E-state index in [1.165, 1.54) is 22.8 Å². The molecule has 0 saturated heterocycles. The third-order valence-electron chi connectivity index (χ3n) is 5.71. The number of rotatable bonds is 8. The minimum atomic E-state index is -1.31. The Morgan fingerprint density at radius 2 is 2.00 bits per heavy atom. The largest absolute Gasteiger partial charge is 0.495 e. The van der Waals surface area contributed by atoms with Gasteiger partial charge in [0.1, 0.15) is 17.0 Å². The van der Waals surface area contributed by atoms with Gasteiger partial charge in [0.2, 0.25) is 5.91 Å². The van der Waals surface area contributed by atoms with Crippen LogP contribution in [0.5, 0.6) is 5.75 Å². The second-order valence-electron chi connectivity index (χ2n) is 8.82. The van der Waals surface area contributed by atoms with E-state index in [9.17, 15) is 14.4 Å². The second-order valence-corrected chi connectivity index (χ2v) is 8.82. The molecule has 178 valence electrons. The molecule has 1 atom stereocenters. The summed E-state index contributed by atoms with van der Waals surface area (Å²) in [6, 6.07) is 6.87. The number of aromatic nitrogens is 2. The fourth-order valence-corrected chi connectivity index (χ4v) is 3.90. The Kier molecular flexibility index (Phi) is 7.09. The van der Waals surface area contributed by atoms with Crippen molar-refractivity contribution in [3.63, 3.8) is 0 Å². The molecule has 1 aromatic carbocycles. The predicted octanol–water partition coefficient (Wildman–Crippen LogP) is 2.96. The van der Waals surface area contributed by atoms with Crippen LogP contribution in [0.3, 0.4) is 0 Å². The Hall–Kier alpha value is -3.36. The summed E-state index contributed by atoms with van der Waals surface area (Å²) in [5, 5.41) is 7.25. The van der Waals surface area contributed by atoms with E-state index in [-0.39, 0.29) is 30.4 Å². The first kappa shape index (κ1) is 24.3. The van der Waals surface area contributed by atoms with Gasteiger partial charge in [-0.25, -0.2) is 4.79 Å². The van der Waals surface area contributed by atoms with Crippen molar-refractivity contribution in [3.05, 3.63) is 41.2 Å². The molecule has 3 rings (SSSR count). The lowest BCUT2D eigenvalue weighted by Crippen LogP contribution is -2.64. The van der Waals surface area contributed by atoms with Crippen molar-refractivity contribution in [2.45, 2.75) is 53.1 Å². The van der Waals surface area contributed by atoms with Crippen LogP contribution in [0.4, 0.5) is 5.69 Å². The van der Waals surface area contributed by atoms with Crippen LogP contribution in [-0.4, -0.2) is 53.4 Å². The van der Waals surface area contributed by atoms with Crippen LogP contribution in [-0.2, 0) is 16.1 Å². The lowest BCUT2D eigenvalue weighted by atomic mass is 9.93. The number of amides is 2. The summed E-state index contributed by atoms with van der Waals surface area (Å²) in [6.45, 7) is 10.2. The summed E-state index contributed by atoms with van der Waals surface area (Å²) in [7, 11) is 1.52. The molecule has 0 fully saturated rings. The molecule has 0 spiro atoms. The number of ether oxygens (including phenoxy) is 2. The quantitative estimate of drug-likeness (QED) is 0.613. The van der Waals surface area contributed by atoms with Crippen LogP contribution in [0.2, 0.25) is 0 Å². The fraction of sp³-hybridized carbons (Fsp3) is 0.500. The molecule has 2 amide bonds. The summed E-state index contributed by atoms with van der Waals surface area (Å²) in [6.07, 6.45) is 0.809. The summed E-state index contributed by atoms with van der Waals surface area (Å²) >= 11 is 0. The van der Waals surface area contributed by atoms with E-state index >= 15 is 0 Å². The first-order valence-electron chi connectivity index (χ1n) is 11.1. The number of benzene rings is 1. The van der Waals surface area contributed by atoms with Gasteiger partial charge in [0.15, 0.2) is 5.69 Å². The molecule has 1 aliphatic rings. The van der Waals surface area contributed by atoms with E-state index < -0.39 is 17.4 Å². The summed E-state index contributed by atoms with van der Waals surface area (Å²) in [5.41, 5.74) is 0.316. The number of aryl methyl sites for hydroxylation is 1. The standard InChI is InChI=1S/C24H32N4O5/c1-7-33-22(30)17-13-19-21(29)28(18-12-16(4)8-9-20(18)32-6)24(5,14-27(19)26-17)23(31)25-11-10-15(2)3/h8-9,12-13,15H,7,10-11,14H2,1-6H3,(H,25,31)/t24-/m0/s1. The molecule has 1 aromatic heterocycles. The molecule has 0 aliphatic carbocycles. The number of nitrogens with zero attached hydrogens (tertiary/aromatic N) is 3. The lowest BCUT2D eigenvalue weighted by Gasteiger charge is -2.43. The van der Waals surface area contributed by atoms with Gasteiger partial charge in [-0.2, -0.15) is 5.10 Å². The number of methoxy groups -OCH3 is 1. The van der Waals surface area contributed by atoms with Crippen molar-refractivity contribution in [2.75, 3.05) is 25.2 Å². The molecule has 9 heteroatoms. The molecule has 33 heavy (non-hydrogen) atoms. The van der Waals surface area contributed by atoms with Crippen LogP contribution >= 0.6 is 0 Å². The third-order valence-corrected chi connectivity index (χ3v) is 5.71. The van der Waals surface area contributed by atoms with Gasteiger partial charge in [0.25, 0.3) is 5.91 Å². The van der Waals surface area contributed by atoms with Crippen molar-refractivity contribution < 1.29 is 23.9 Å². The van der Waals surface area contributed by atoms with Crippen LogP contribution in [0.15, 0.2) is 24.3 Å². The zero-order valence-electron chi connectivity index (χ0n) is 20.1. The molecule has 1 aliphatic heterocycles. The average molecular weight is 457 g/mol. The topological polar surface area (TPSA) is 103 Å². The minimum Gasteiger partial charge on any atom is -0.495 e. The molecular weight excluding hydrogens is 424 g/mol. The number of fused-ring (bicyclic) bond motifs is 1. The van der Waals surface area contributed by atoms with Crippen LogP contribution in [0, 0.1) is 12.8 Å². The first-order valence-corrected chi connectivity index (χ1v) is 11.1. The fourth-order valence-electron chi connectivity index (χ4n) is 3.90. The van der Waals surface area contributed by atoms with Gasteiger partial charge in [-0.05, 0) is 50.8 Å². The molecule has 0 bridgehead atoms. The molecule has 0 radical (unpaired) electrons. The van der Waals surface area contributed by atoms with Crippen LogP contribution in [0.25, 0.3) is 0 Å². The van der Waals surface area contributed by atoms with Gasteiger partial charge in [-0.3, -0.25) is 19.2 Å². The Bertz CT molecular complexity index is 1060. The Morgan fingerprint density at radius 1 is 1.27 bits per heavy atom. The highest BCUT2D eigenvalue weighted by atomic mass is 16.5. The number of nitrogens with one attached hydrogen (secondary N) is 1. The molecule has 1 N–H and O–H groups in total. The monoisotopic (exact) mass is 456 g/mol. The third kappa shape index (κ3) is 4.72. The molecular formula is C24H32N4O5. The van der Waals surface area contributed by atoms with Crippen molar-refractivity contribution >= 4 is 23.5 Å². The molecule has 2 heterocycles. The van der Waals surface area contributed by atoms with Crippen molar-refractivity contribution in [1.82, 2.24) is 15.1 Å². The molecule has 2 aromatic rings. The smallest absolute Gasteiger partial charge is 0.358 e. The molecule has 9 nitrogen and oxygen atoms in total. The number of hydrogen-bond donors (Lipinski definition) is 1. The molecule has 0 saturated carbocycles. The highest BCUT2D eigenvalue weighted by Crippen LogP contribution is 2.38. The zero-order chi connectivity index (χ0) is 24.3. The minimum absolute atomic E-state index is 0.0285. The van der Waals surface area contributed by atoms with Crippen LogP contribution in [0.1, 0.15) is 60.7 Å². The van der Waals surface area contributed by atoms with Gasteiger partial charge >= 0.3 is 5.97 Å². The van der Waals surface area contributed by atoms with E-state index in [2.05, 4.69) is 24.3 Å². The van der Waals surface area contributed by atoms with Crippen molar-refractivity contribution in [3.8, 4) is 5.75 Å². The number of carbonyl (C=O) groups is 3. The maximum absolute atomic E-state index is 13.8. The van der Waals surface area contributed by atoms with Gasteiger partial charge in [0.05, 0.1) is 25.9 Å². The number of hydrogen-bond acceptors (Lipinski definition) is 6. The lowest BCUT2D eigenvalue weighted by molar-refractivity contribution is -0.126. The number of esters is 1. The van der Waals surface area contributed by atoms with Crippen LogP contribution < -0.4 is 15.0 Å². The summed E-state index contributed by atoms with van der Waals surface area (Å²) in [4.78, 5) is 41.0. The second kappa shape index (κ2) is 9.64. The Balaban J connectivity index is 2.11. The highest BCUT2D eigenvalue weighted by molar-refractivity contribution is 6.13. The van der Waals surface area contributed by atoms with E-state index in [4.69, 9.17) is 9.47 Å². The maximum atomic E-state index is 13.8. The summed E-state index contributed by atoms with van der Waals surface area (Å²) in [5.74, 6) is -0.485. The zero-order valence-corrected chi connectivity index (χ0v) is 20.1.